The van der Waals surface area contributed by atoms with Crippen LogP contribution in [0.2, 0.25) is 0 Å². The number of nitrogens with one attached hydrogen (secondary N) is 2. The van der Waals surface area contributed by atoms with Gasteiger partial charge in [-0.2, -0.15) is 5.10 Å². The van der Waals surface area contributed by atoms with E-state index in [9.17, 15) is 0 Å². The molecule has 8 heteroatoms. The van der Waals surface area contributed by atoms with Crippen molar-refractivity contribution in [2.24, 2.45) is 7.05 Å². The minimum Gasteiger partial charge on any atom is -0.379 e. The summed E-state index contributed by atoms with van der Waals surface area (Å²) in [4.78, 5) is 14.8. The number of nitrogens with zero attached hydrogens (tertiary/aromatic N) is 5. The van der Waals surface area contributed by atoms with Gasteiger partial charge in [-0.1, -0.05) is 6.07 Å². The van der Waals surface area contributed by atoms with Gasteiger partial charge in [0, 0.05) is 49.3 Å². The SMILES string of the molecule is Cn1cc(-c2ccc3[nH]c4ncnc(NCCCN5CCOCC5)c4c3c2)cn1. The van der Waals surface area contributed by atoms with Gasteiger partial charge in [0.1, 0.15) is 17.8 Å². The quantitative estimate of drug-likeness (QED) is 0.492. The molecule has 0 bridgehead atoms. The summed E-state index contributed by atoms with van der Waals surface area (Å²) >= 11 is 0. The van der Waals surface area contributed by atoms with Gasteiger partial charge in [-0.15, -0.1) is 0 Å². The molecular formula is C21H25N7O. The normalized spacial score (nSPS) is 15.3. The molecule has 0 amide bonds. The van der Waals surface area contributed by atoms with Gasteiger partial charge in [-0.05, 0) is 30.7 Å². The van der Waals surface area contributed by atoms with E-state index in [0.29, 0.717) is 0 Å². The highest BCUT2D eigenvalue weighted by Gasteiger charge is 2.13. The molecular weight excluding hydrogens is 366 g/mol. The fourth-order valence-electron chi connectivity index (χ4n) is 3.94. The van der Waals surface area contributed by atoms with E-state index < -0.39 is 0 Å². The summed E-state index contributed by atoms with van der Waals surface area (Å²) in [7, 11) is 1.93. The second kappa shape index (κ2) is 7.81. The number of hydrogen-bond donors (Lipinski definition) is 2. The third kappa shape index (κ3) is 3.68. The summed E-state index contributed by atoms with van der Waals surface area (Å²) in [5.41, 5.74) is 4.15. The first-order valence-electron chi connectivity index (χ1n) is 10.1. The topological polar surface area (TPSA) is 83.9 Å². The van der Waals surface area contributed by atoms with Crippen molar-refractivity contribution in [3.05, 3.63) is 36.9 Å². The lowest BCUT2D eigenvalue weighted by Gasteiger charge is -2.26. The molecule has 1 aliphatic rings. The smallest absolute Gasteiger partial charge is 0.143 e. The third-order valence-corrected chi connectivity index (χ3v) is 5.47. The first-order chi connectivity index (χ1) is 14.3. The Morgan fingerprint density at radius 3 is 2.90 bits per heavy atom. The van der Waals surface area contributed by atoms with Crippen molar-refractivity contribution < 1.29 is 4.74 Å². The molecule has 0 spiro atoms. The number of H-pyrrole nitrogens is 1. The van der Waals surface area contributed by atoms with E-state index in [1.807, 2.05) is 24.1 Å². The Hall–Kier alpha value is -2.97. The first-order valence-corrected chi connectivity index (χ1v) is 10.1. The standard InChI is InChI=1S/C21H25N7O/c1-27-13-16(12-25-27)15-3-4-18-17(11-15)19-20(23-14-24-21(19)26-18)22-5-2-6-28-7-9-29-10-8-28/h3-4,11-14H,2,5-10H2,1H3,(H2,22,23,24,26). The van der Waals surface area contributed by atoms with Crippen LogP contribution in [-0.4, -0.2) is 69.0 Å². The van der Waals surface area contributed by atoms with E-state index >= 15 is 0 Å². The highest BCUT2D eigenvalue weighted by Crippen LogP contribution is 2.32. The van der Waals surface area contributed by atoms with Gasteiger partial charge < -0.3 is 15.0 Å². The Kier molecular flexibility index (Phi) is 4.87. The van der Waals surface area contributed by atoms with Gasteiger partial charge in [-0.3, -0.25) is 9.58 Å². The summed E-state index contributed by atoms with van der Waals surface area (Å²) in [5, 5.41) is 9.98. The van der Waals surface area contributed by atoms with Crippen molar-refractivity contribution in [2.45, 2.75) is 6.42 Å². The Morgan fingerprint density at radius 1 is 1.17 bits per heavy atom. The molecule has 0 aliphatic carbocycles. The van der Waals surface area contributed by atoms with Crippen molar-refractivity contribution in [1.29, 1.82) is 0 Å². The molecule has 1 saturated heterocycles. The molecule has 1 fully saturated rings. The van der Waals surface area contributed by atoms with Crippen LogP contribution in [0.15, 0.2) is 36.9 Å². The molecule has 0 atom stereocenters. The molecule has 2 N–H and O–H groups in total. The average Bonchev–Trinajstić information content (AvgIpc) is 3.35. The Labute approximate surface area is 168 Å². The van der Waals surface area contributed by atoms with Gasteiger partial charge in [0.15, 0.2) is 0 Å². The van der Waals surface area contributed by atoms with Crippen LogP contribution >= 0.6 is 0 Å². The Bertz CT molecular complexity index is 1130. The predicted octanol–water partition coefficient (Wildman–Crippen LogP) is 2.65. The summed E-state index contributed by atoms with van der Waals surface area (Å²) < 4.78 is 7.23. The largest absolute Gasteiger partial charge is 0.379 e. The fraction of sp³-hybridized carbons (Fsp3) is 0.381. The Morgan fingerprint density at radius 2 is 2.07 bits per heavy atom. The van der Waals surface area contributed by atoms with Crippen molar-refractivity contribution in [3.8, 4) is 11.1 Å². The maximum absolute atomic E-state index is 5.42. The second-order valence-electron chi connectivity index (χ2n) is 7.47. The van der Waals surface area contributed by atoms with Gasteiger partial charge in [0.2, 0.25) is 0 Å². The summed E-state index contributed by atoms with van der Waals surface area (Å²) in [6, 6.07) is 6.40. The first kappa shape index (κ1) is 18.1. The third-order valence-electron chi connectivity index (χ3n) is 5.47. The van der Waals surface area contributed by atoms with E-state index in [1.165, 1.54) is 0 Å². The lowest BCUT2D eigenvalue weighted by molar-refractivity contribution is 0.0378. The number of fused-ring (bicyclic) bond motifs is 3. The molecule has 150 valence electrons. The average molecular weight is 391 g/mol. The zero-order valence-corrected chi connectivity index (χ0v) is 16.6. The van der Waals surface area contributed by atoms with Crippen molar-refractivity contribution >= 4 is 27.8 Å². The number of morpholine rings is 1. The van der Waals surface area contributed by atoms with Gasteiger partial charge in [0.25, 0.3) is 0 Å². The number of rotatable bonds is 6. The van der Waals surface area contributed by atoms with Crippen LogP contribution in [0.4, 0.5) is 5.82 Å². The highest BCUT2D eigenvalue weighted by molar-refractivity contribution is 6.12. The van der Waals surface area contributed by atoms with E-state index in [2.05, 4.69) is 48.5 Å². The van der Waals surface area contributed by atoms with E-state index in [0.717, 1.165) is 84.7 Å². The molecule has 0 radical (unpaired) electrons. The number of benzene rings is 1. The van der Waals surface area contributed by atoms with Crippen LogP contribution in [-0.2, 0) is 11.8 Å². The zero-order chi connectivity index (χ0) is 19.6. The number of aryl methyl sites for hydroxylation is 1. The number of hydrogen-bond acceptors (Lipinski definition) is 6. The molecule has 4 aromatic rings. The van der Waals surface area contributed by atoms with Crippen LogP contribution in [0.3, 0.4) is 0 Å². The molecule has 1 aliphatic heterocycles. The van der Waals surface area contributed by atoms with Crippen LogP contribution in [0.25, 0.3) is 33.1 Å². The number of aromatic amines is 1. The maximum Gasteiger partial charge on any atom is 0.143 e. The van der Waals surface area contributed by atoms with Crippen molar-refractivity contribution in [3.63, 3.8) is 0 Å². The van der Waals surface area contributed by atoms with E-state index in [4.69, 9.17) is 4.74 Å². The van der Waals surface area contributed by atoms with Crippen LogP contribution < -0.4 is 5.32 Å². The van der Waals surface area contributed by atoms with Gasteiger partial charge in [-0.25, -0.2) is 9.97 Å². The summed E-state index contributed by atoms with van der Waals surface area (Å²) in [5.74, 6) is 0.881. The molecule has 5 rings (SSSR count). The van der Waals surface area contributed by atoms with Gasteiger partial charge in [0.05, 0.1) is 24.8 Å². The number of aromatic nitrogens is 5. The van der Waals surface area contributed by atoms with Crippen LogP contribution in [0.5, 0.6) is 0 Å². The lowest BCUT2D eigenvalue weighted by atomic mass is 10.1. The molecule has 0 unspecified atom stereocenters. The highest BCUT2D eigenvalue weighted by atomic mass is 16.5. The van der Waals surface area contributed by atoms with Gasteiger partial charge >= 0.3 is 0 Å². The molecule has 3 aromatic heterocycles. The van der Waals surface area contributed by atoms with Crippen LogP contribution in [0.1, 0.15) is 6.42 Å². The molecule has 4 heterocycles. The molecule has 1 aromatic carbocycles. The summed E-state index contributed by atoms with van der Waals surface area (Å²) in [6.45, 7) is 5.68. The van der Waals surface area contributed by atoms with Crippen LogP contribution in [0, 0.1) is 0 Å². The molecule has 8 nitrogen and oxygen atoms in total. The maximum atomic E-state index is 5.42. The predicted molar refractivity (Wildman–Crippen MR) is 114 cm³/mol. The minimum atomic E-state index is 0.842. The van der Waals surface area contributed by atoms with E-state index in [-0.39, 0.29) is 0 Å². The monoisotopic (exact) mass is 391 g/mol. The summed E-state index contributed by atoms with van der Waals surface area (Å²) in [6.07, 6.45) is 6.59. The molecule has 29 heavy (non-hydrogen) atoms. The lowest BCUT2D eigenvalue weighted by Crippen LogP contribution is -2.37. The molecule has 0 saturated carbocycles. The minimum absolute atomic E-state index is 0.842. The Balaban J connectivity index is 1.39. The second-order valence-corrected chi connectivity index (χ2v) is 7.47. The van der Waals surface area contributed by atoms with Crippen molar-refractivity contribution in [1.82, 2.24) is 29.6 Å². The number of ether oxygens (including phenoxy) is 1. The van der Waals surface area contributed by atoms with Crippen molar-refractivity contribution in [2.75, 3.05) is 44.7 Å². The fourth-order valence-corrected chi connectivity index (χ4v) is 3.94. The number of anilines is 1. The zero-order valence-electron chi connectivity index (χ0n) is 16.6. The van der Waals surface area contributed by atoms with E-state index in [1.54, 1.807) is 6.33 Å².